The zero-order valence-electron chi connectivity index (χ0n) is 36.0. The highest BCUT2D eigenvalue weighted by Gasteiger charge is 2.52. The minimum atomic E-state index is -0.439. The van der Waals surface area contributed by atoms with Crippen LogP contribution in [0.1, 0.15) is 39.1 Å². The van der Waals surface area contributed by atoms with E-state index in [-0.39, 0.29) is 22.8 Å². The SMILES string of the molecule is Cc1ccc2c(n1)oc1c(-c3cc(-c4cccc(F)c4)ccn3)cccc12.Cc1ccc2c(n1)oc1c(B3OC(C)(C)C(C)(C)O3)cccc12.Fc1cccc(-c2ccnc(Cl)c2)c1. The fraction of sp³-hybridized carbons (Fsp3) is 0.154. The number of aromatic nitrogens is 4. The van der Waals surface area contributed by atoms with Crippen LogP contribution in [0.4, 0.5) is 8.78 Å². The third kappa shape index (κ3) is 8.50. The summed E-state index contributed by atoms with van der Waals surface area (Å²) in [6, 6.07) is 40.4. The van der Waals surface area contributed by atoms with E-state index in [0.717, 1.165) is 83.1 Å². The van der Waals surface area contributed by atoms with Crippen LogP contribution in [0.2, 0.25) is 5.15 Å². The quantitative estimate of drug-likeness (QED) is 0.127. The third-order valence-corrected chi connectivity index (χ3v) is 11.8. The lowest BCUT2D eigenvalue weighted by Crippen LogP contribution is -2.41. The van der Waals surface area contributed by atoms with Gasteiger partial charge in [-0.1, -0.05) is 66.2 Å². The Bertz CT molecular complexity index is 3290. The summed E-state index contributed by atoms with van der Waals surface area (Å²) < 4.78 is 51.0. The summed E-state index contributed by atoms with van der Waals surface area (Å²) in [5.41, 5.74) is 9.89. The number of halogens is 3. The minimum Gasteiger partial charge on any atom is -0.438 e. The van der Waals surface area contributed by atoms with Crippen LogP contribution in [0.25, 0.3) is 77.6 Å². The average molecular weight is 871 g/mol. The maximum absolute atomic E-state index is 13.6. The Hall–Kier alpha value is -6.79. The van der Waals surface area contributed by atoms with E-state index in [1.807, 2.05) is 92.7 Å². The molecule has 1 aliphatic rings. The first kappa shape index (κ1) is 42.5. The smallest absolute Gasteiger partial charge is 0.438 e. The second-order valence-corrected chi connectivity index (χ2v) is 17.0. The Morgan fingerprint density at radius 1 is 0.516 bits per heavy atom. The zero-order valence-corrected chi connectivity index (χ0v) is 36.7. The lowest BCUT2D eigenvalue weighted by Gasteiger charge is -2.32. The zero-order chi connectivity index (χ0) is 44.8. The van der Waals surface area contributed by atoms with Gasteiger partial charge < -0.3 is 18.1 Å². The fourth-order valence-electron chi connectivity index (χ4n) is 7.60. The molecule has 7 heterocycles. The highest BCUT2D eigenvalue weighted by molar-refractivity contribution is 6.65. The summed E-state index contributed by atoms with van der Waals surface area (Å²) in [6.45, 7) is 12.1. The van der Waals surface area contributed by atoms with E-state index in [1.165, 1.54) is 24.3 Å². The summed E-state index contributed by atoms with van der Waals surface area (Å²) in [5, 5.41) is 4.46. The van der Waals surface area contributed by atoms with Gasteiger partial charge in [0, 0.05) is 56.4 Å². The lowest BCUT2D eigenvalue weighted by molar-refractivity contribution is 0.00578. The molecule has 0 saturated carbocycles. The normalized spacial score (nSPS) is 14.1. The van der Waals surface area contributed by atoms with E-state index in [2.05, 4.69) is 53.7 Å². The molecule has 0 spiro atoms. The van der Waals surface area contributed by atoms with Crippen LogP contribution in [0.5, 0.6) is 0 Å². The molecular weight excluding hydrogens is 829 g/mol. The van der Waals surface area contributed by atoms with Crippen molar-refractivity contribution in [1.82, 2.24) is 19.9 Å². The molecular formula is C52H42BClF2N4O4. The molecule has 6 aromatic heterocycles. The van der Waals surface area contributed by atoms with Crippen LogP contribution in [0, 0.1) is 25.5 Å². The summed E-state index contributed by atoms with van der Waals surface area (Å²) in [7, 11) is -0.439. The number of rotatable bonds is 4. The van der Waals surface area contributed by atoms with Gasteiger partial charge in [-0.2, -0.15) is 0 Å². The third-order valence-electron chi connectivity index (χ3n) is 11.6. The Balaban J connectivity index is 0.000000128. The molecule has 0 bridgehead atoms. The van der Waals surface area contributed by atoms with Crippen molar-refractivity contribution in [1.29, 1.82) is 0 Å². The van der Waals surface area contributed by atoms with E-state index in [4.69, 9.17) is 29.7 Å². The molecule has 12 heteroatoms. The van der Waals surface area contributed by atoms with Crippen molar-refractivity contribution >= 4 is 68.3 Å². The summed E-state index contributed by atoms with van der Waals surface area (Å²) in [5.74, 6) is -0.512. The first-order valence-electron chi connectivity index (χ1n) is 20.8. The number of aryl methyl sites for hydroxylation is 2. The van der Waals surface area contributed by atoms with Crippen LogP contribution in [0.3, 0.4) is 0 Å². The van der Waals surface area contributed by atoms with E-state index < -0.39 is 7.12 Å². The Morgan fingerprint density at radius 2 is 1.02 bits per heavy atom. The molecule has 1 saturated heterocycles. The number of pyridine rings is 4. The number of hydrogen-bond donors (Lipinski definition) is 0. The number of nitrogens with zero attached hydrogens (tertiary/aromatic N) is 4. The van der Waals surface area contributed by atoms with Crippen molar-refractivity contribution in [2.24, 2.45) is 0 Å². The number of furan rings is 2. The highest BCUT2D eigenvalue weighted by atomic mass is 35.5. The fourth-order valence-corrected chi connectivity index (χ4v) is 7.77. The number of fused-ring (bicyclic) bond motifs is 6. The van der Waals surface area contributed by atoms with Crippen molar-refractivity contribution in [3.05, 3.63) is 174 Å². The maximum Gasteiger partial charge on any atom is 0.498 e. The van der Waals surface area contributed by atoms with Gasteiger partial charge in [-0.15, -0.1) is 0 Å². The predicted molar refractivity (Wildman–Crippen MR) is 251 cm³/mol. The van der Waals surface area contributed by atoms with Crippen molar-refractivity contribution in [3.63, 3.8) is 0 Å². The largest absolute Gasteiger partial charge is 0.498 e. The Labute approximate surface area is 374 Å². The number of benzene rings is 4. The van der Waals surface area contributed by atoms with Crippen LogP contribution in [0.15, 0.2) is 155 Å². The second kappa shape index (κ2) is 17.1. The Kier molecular flexibility index (Phi) is 11.3. The van der Waals surface area contributed by atoms with E-state index >= 15 is 0 Å². The average Bonchev–Trinajstić information content (AvgIpc) is 3.90. The molecule has 64 heavy (non-hydrogen) atoms. The molecule has 10 aromatic rings. The molecule has 0 radical (unpaired) electrons. The maximum atomic E-state index is 13.6. The van der Waals surface area contributed by atoms with E-state index in [0.29, 0.717) is 16.6 Å². The first-order valence-corrected chi connectivity index (χ1v) is 21.1. The van der Waals surface area contributed by atoms with Crippen molar-refractivity contribution in [2.75, 3.05) is 0 Å². The van der Waals surface area contributed by atoms with Gasteiger partial charge in [-0.05, 0) is 143 Å². The summed E-state index contributed by atoms with van der Waals surface area (Å²) in [4.78, 5) is 17.4. The summed E-state index contributed by atoms with van der Waals surface area (Å²) in [6.07, 6.45) is 3.34. The molecule has 0 unspecified atom stereocenters. The molecule has 11 rings (SSSR count). The minimum absolute atomic E-state index is 0.254. The van der Waals surface area contributed by atoms with Gasteiger partial charge in [0.25, 0.3) is 0 Å². The van der Waals surface area contributed by atoms with Crippen LogP contribution >= 0.6 is 11.6 Å². The number of para-hydroxylation sites is 2. The van der Waals surface area contributed by atoms with Crippen molar-refractivity contribution < 1.29 is 26.9 Å². The molecule has 4 aromatic carbocycles. The first-order chi connectivity index (χ1) is 30.7. The Morgan fingerprint density at radius 3 is 1.59 bits per heavy atom. The standard InChI is InChI=1S/C23H15FN2O.C18H20BNO3.C11H7ClFN/c1-14-8-9-19-18-6-3-7-20(22(18)27-23(19)26-14)21-13-16(10-11-25-21)15-4-2-5-17(24)12-15;1-11-9-10-13-12-7-6-8-14(15(12)21-16(13)20-11)19-22-17(2,3)18(4,5)23-19;12-11-7-9(4-5-14-11)8-2-1-3-10(13)6-8/h2-13H,1H3;6-10H,1-5H3;1-7H. The van der Waals surface area contributed by atoms with Crippen molar-refractivity contribution in [3.8, 4) is 33.5 Å². The van der Waals surface area contributed by atoms with Gasteiger partial charge in [0.1, 0.15) is 28.0 Å². The van der Waals surface area contributed by atoms with Gasteiger partial charge in [0.2, 0.25) is 11.4 Å². The molecule has 0 atom stereocenters. The monoisotopic (exact) mass is 870 g/mol. The van der Waals surface area contributed by atoms with Gasteiger partial charge >= 0.3 is 7.12 Å². The predicted octanol–water partition coefficient (Wildman–Crippen LogP) is 13.3. The van der Waals surface area contributed by atoms with Crippen LogP contribution in [-0.4, -0.2) is 38.3 Å². The lowest BCUT2D eigenvalue weighted by atomic mass is 9.78. The van der Waals surface area contributed by atoms with E-state index in [9.17, 15) is 8.78 Å². The topological polar surface area (TPSA) is 96.3 Å². The second-order valence-electron chi connectivity index (χ2n) is 16.6. The molecule has 0 amide bonds. The highest BCUT2D eigenvalue weighted by Crippen LogP contribution is 2.38. The summed E-state index contributed by atoms with van der Waals surface area (Å²) >= 11 is 5.73. The molecule has 8 nitrogen and oxygen atoms in total. The molecule has 1 fully saturated rings. The van der Waals surface area contributed by atoms with Gasteiger partial charge in [0.05, 0.1) is 16.9 Å². The van der Waals surface area contributed by atoms with Gasteiger partial charge in [-0.3, -0.25) is 4.98 Å². The molecule has 1 aliphatic heterocycles. The van der Waals surface area contributed by atoms with Gasteiger partial charge in [0.15, 0.2) is 0 Å². The molecule has 0 aliphatic carbocycles. The van der Waals surface area contributed by atoms with Crippen LogP contribution in [-0.2, 0) is 9.31 Å². The van der Waals surface area contributed by atoms with E-state index in [1.54, 1.807) is 36.7 Å². The molecule has 318 valence electrons. The van der Waals surface area contributed by atoms with Gasteiger partial charge in [-0.25, -0.2) is 23.7 Å². The number of hydrogen-bond acceptors (Lipinski definition) is 8. The van der Waals surface area contributed by atoms with Crippen molar-refractivity contribution in [2.45, 2.75) is 52.7 Å². The molecule has 0 N–H and O–H groups in total. The van der Waals surface area contributed by atoms with Crippen LogP contribution < -0.4 is 5.46 Å².